The Balaban J connectivity index is 1.86. The van der Waals surface area contributed by atoms with Gasteiger partial charge in [-0.05, 0) is 24.3 Å². The number of nitriles is 1. The first kappa shape index (κ1) is 13.8. The predicted molar refractivity (Wildman–Crippen MR) is 75.1 cm³/mol. The van der Waals surface area contributed by atoms with Gasteiger partial charge in [-0.2, -0.15) is 5.26 Å². The van der Waals surface area contributed by atoms with Gasteiger partial charge in [0.1, 0.15) is 25.0 Å². The van der Waals surface area contributed by atoms with Gasteiger partial charge in [-0.3, -0.25) is 0 Å². The second-order valence-electron chi connectivity index (χ2n) is 3.96. The molecule has 2 rings (SSSR count). The summed E-state index contributed by atoms with van der Waals surface area (Å²) >= 11 is 0. The Hall–Kier alpha value is -2.67. The van der Waals surface area contributed by atoms with Gasteiger partial charge in [-0.15, -0.1) is 0 Å². The van der Waals surface area contributed by atoms with Gasteiger partial charge in [0, 0.05) is 0 Å². The molecular formula is C16H15NO3. The SMILES string of the molecule is COc1ccccc1OCCOc1ccccc1C#N. The summed E-state index contributed by atoms with van der Waals surface area (Å²) in [6.07, 6.45) is 0. The lowest BCUT2D eigenvalue weighted by Crippen LogP contribution is -2.10. The van der Waals surface area contributed by atoms with Crippen molar-refractivity contribution in [1.82, 2.24) is 0 Å². The van der Waals surface area contributed by atoms with Crippen molar-refractivity contribution in [3.05, 3.63) is 54.1 Å². The van der Waals surface area contributed by atoms with E-state index in [0.29, 0.717) is 36.0 Å². The van der Waals surface area contributed by atoms with E-state index < -0.39 is 0 Å². The van der Waals surface area contributed by atoms with Gasteiger partial charge >= 0.3 is 0 Å². The average molecular weight is 269 g/mol. The predicted octanol–water partition coefficient (Wildman–Crippen LogP) is 3.02. The Morgan fingerprint density at radius 2 is 1.40 bits per heavy atom. The van der Waals surface area contributed by atoms with E-state index in [0.717, 1.165) is 0 Å². The molecule has 4 heteroatoms. The van der Waals surface area contributed by atoms with Gasteiger partial charge in [-0.1, -0.05) is 24.3 Å². The van der Waals surface area contributed by atoms with E-state index in [2.05, 4.69) is 6.07 Å². The fourth-order valence-corrected chi connectivity index (χ4v) is 1.73. The van der Waals surface area contributed by atoms with E-state index >= 15 is 0 Å². The second-order valence-corrected chi connectivity index (χ2v) is 3.96. The summed E-state index contributed by atoms with van der Waals surface area (Å²) < 4.78 is 16.3. The van der Waals surface area contributed by atoms with Crippen molar-refractivity contribution < 1.29 is 14.2 Å². The second kappa shape index (κ2) is 7.05. The molecule has 0 aromatic heterocycles. The van der Waals surface area contributed by atoms with Crippen molar-refractivity contribution >= 4 is 0 Å². The van der Waals surface area contributed by atoms with Crippen LogP contribution in [0.3, 0.4) is 0 Å². The lowest BCUT2D eigenvalue weighted by molar-refractivity contribution is 0.211. The Bertz CT molecular complexity index is 605. The third-order valence-electron chi connectivity index (χ3n) is 2.68. The standard InChI is InChI=1S/C16H15NO3/c1-18-15-8-4-5-9-16(15)20-11-10-19-14-7-3-2-6-13(14)12-17/h2-9H,10-11H2,1H3. The lowest BCUT2D eigenvalue weighted by atomic mass is 10.2. The highest BCUT2D eigenvalue weighted by Crippen LogP contribution is 2.25. The van der Waals surface area contributed by atoms with Crippen molar-refractivity contribution in [3.8, 4) is 23.3 Å². The van der Waals surface area contributed by atoms with Gasteiger partial charge in [0.05, 0.1) is 12.7 Å². The third kappa shape index (κ3) is 3.42. The summed E-state index contributed by atoms with van der Waals surface area (Å²) in [5, 5.41) is 8.94. The summed E-state index contributed by atoms with van der Waals surface area (Å²) in [7, 11) is 1.60. The minimum absolute atomic E-state index is 0.358. The van der Waals surface area contributed by atoms with Crippen molar-refractivity contribution in [1.29, 1.82) is 5.26 Å². The minimum Gasteiger partial charge on any atom is -0.493 e. The van der Waals surface area contributed by atoms with Crippen LogP contribution in [-0.4, -0.2) is 20.3 Å². The molecule has 0 atom stereocenters. The molecule has 0 fully saturated rings. The molecule has 0 saturated carbocycles. The van der Waals surface area contributed by atoms with Crippen molar-refractivity contribution in [2.45, 2.75) is 0 Å². The zero-order valence-electron chi connectivity index (χ0n) is 11.2. The first-order chi connectivity index (χ1) is 9.85. The van der Waals surface area contributed by atoms with E-state index in [4.69, 9.17) is 19.5 Å². The molecule has 0 heterocycles. The maximum Gasteiger partial charge on any atom is 0.161 e. The molecule has 0 unspecified atom stereocenters. The van der Waals surface area contributed by atoms with Crippen molar-refractivity contribution in [2.75, 3.05) is 20.3 Å². The number of hydrogen-bond donors (Lipinski definition) is 0. The van der Waals surface area contributed by atoms with Gasteiger partial charge in [0.25, 0.3) is 0 Å². The molecule has 0 saturated heterocycles. The number of methoxy groups -OCH3 is 1. The van der Waals surface area contributed by atoms with Crippen LogP contribution in [0.25, 0.3) is 0 Å². The Kier molecular flexibility index (Phi) is 4.85. The van der Waals surface area contributed by atoms with Gasteiger partial charge < -0.3 is 14.2 Å². The molecule has 0 amide bonds. The van der Waals surface area contributed by atoms with E-state index in [1.165, 1.54) is 0 Å². The molecular weight excluding hydrogens is 254 g/mol. The van der Waals surface area contributed by atoms with Crippen LogP contribution >= 0.6 is 0 Å². The van der Waals surface area contributed by atoms with Crippen LogP contribution in [0.4, 0.5) is 0 Å². The van der Waals surface area contributed by atoms with Gasteiger partial charge in [0.2, 0.25) is 0 Å². The highest BCUT2D eigenvalue weighted by molar-refractivity contribution is 5.42. The minimum atomic E-state index is 0.358. The molecule has 4 nitrogen and oxygen atoms in total. The highest BCUT2D eigenvalue weighted by Gasteiger charge is 2.04. The molecule has 0 aliphatic rings. The lowest BCUT2D eigenvalue weighted by Gasteiger charge is -2.11. The molecule has 0 aliphatic carbocycles. The van der Waals surface area contributed by atoms with Crippen LogP contribution < -0.4 is 14.2 Å². The van der Waals surface area contributed by atoms with E-state index in [9.17, 15) is 0 Å². The average Bonchev–Trinajstić information content (AvgIpc) is 2.52. The first-order valence-corrected chi connectivity index (χ1v) is 6.23. The summed E-state index contributed by atoms with van der Waals surface area (Å²) in [6, 6.07) is 16.6. The number of benzene rings is 2. The summed E-state index contributed by atoms with van der Waals surface area (Å²) in [4.78, 5) is 0. The molecule has 20 heavy (non-hydrogen) atoms. The Morgan fingerprint density at radius 3 is 2.05 bits per heavy atom. The highest BCUT2D eigenvalue weighted by atomic mass is 16.5. The van der Waals surface area contributed by atoms with Crippen LogP contribution in [0.2, 0.25) is 0 Å². The fourth-order valence-electron chi connectivity index (χ4n) is 1.73. The Morgan fingerprint density at radius 1 is 0.850 bits per heavy atom. The summed E-state index contributed by atoms with van der Waals surface area (Å²) in [5.74, 6) is 1.93. The molecule has 0 radical (unpaired) electrons. The number of ether oxygens (including phenoxy) is 3. The Labute approximate surface area is 118 Å². The van der Waals surface area contributed by atoms with Crippen molar-refractivity contribution in [2.24, 2.45) is 0 Å². The molecule has 102 valence electrons. The van der Waals surface area contributed by atoms with Crippen LogP contribution in [0.5, 0.6) is 17.2 Å². The van der Waals surface area contributed by atoms with Crippen LogP contribution in [0.1, 0.15) is 5.56 Å². The van der Waals surface area contributed by atoms with Gasteiger partial charge in [0.15, 0.2) is 11.5 Å². The number of rotatable bonds is 6. The number of nitrogens with zero attached hydrogens (tertiary/aromatic N) is 1. The smallest absolute Gasteiger partial charge is 0.161 e. The number of hydrogen-bond acceptors (Lipinski definition) is 4. The molecule has 2 aromatic carbocycles. The summed E-state index contributed by atoms with van der Waals surface area (Å²) in [6.45, 7) is 0.733. The monoisotopic (exact) mass is 269 g/mol. The largest absolute Gasteiger partial charge is 0.493 e. The summed E-state index contributed by atoms with van der Waals surface area (Å²) in [5.41, 5.74) is 0.518. The van der Waals surface area contributed by atoms with Gasteiger partial charge in [-0.25, -0.2) is 0 Å². The molecule has 0 spiro atoms. The normalized spacial score (nSPS) is 9.60. The van der Waals surface area contributed by atoms with E-state index in [1.54, 1.807) is 25.3 Å². The third-order valence-corrected chi connectivity index (χ3v) is 2.68. The van der Waals surface area contributed by atoms with E-state index in [-0.39, 0.29) is 0 Å². The molecule has 0 N–H and O–H groups in total. The van der Waals surface area contributed by atoms with Crippen LogP contribution in [0.15, 0.2) is 48.5 Å². The maximum atomic E-state index is 8.94. The molecule has 2 aromatic rings. The van der Waals surface area contributed by atoms with Crippen molar-refractivity contribution in [3.63, 3.8) is 0 Å². The van der Waals surface area contributed by atoms with E-state index in [1.807, 2.05) is 30.3 Å². The van der Waals surface area contributed by atoms with Crippen LogP contribution in [-0.2, 0) is 0 Å². The zero-order valence-corrected chi connectivity index (χ0v) is 11.2. The molecule has 0 aliphatic heterocycles. The quantitative estimate of drug-likeness (QED) is 0.756. The zero-order chi connectivity index (χ0) is 14.2. The first-order valence-electron chi connectivity index (χ1n) is 6.23. The van der Waals surface area contributed by atoms with Crippen LogP contribution in [0, 0.1) is 11.3 Å². The topological polar surface area (TPSA) is 51.5 Å². The fraction of sp³-hybridized carbons (Fsp3) is 0.188. The molecule has 0 bridgehead atoms. The maximum absolute atomic E-state index is 8.94. The number of para-hydroxylation sites is 3.